The van der Waals surface area contributed by atoms with Crippen molar-refractivity contribution in [1.82, 2.24) is 4.90 Å². The number of ether oxygens (including phenoxy) is 2. The minimum absolute atomic E-state index is 0.0549. The normalized spacial score (nSPS) is 18.6. The van der Waals surface area contributed by atoms with Crippen molar-refractivity contribution in [2.45, 2.75) is 80.3 Å². The molecular weight excluding hydrogens is 433 g/mol. The fourth-order valence-corrected chi connectivity index (χ4v) is 9.57. The molecule has 184 valence electrons. The summed E-state index contributed by atoms with van der Waals surface area (Å²) in [6, 6.07) is 0. The third kappa shape index (κ3) is 12.1. The molecule has 1 rings (SSSR count). The van der Waals surface area contributed by atoms with Crippen molar-refractivity contribution >= 4 is 23.9 Å². The maximum atomic E-state index is 13.6. The summed E-state index contributed by atoms with van der Waals surface area (Å²) >= 11 is 1.33. The van der Waals surface area contributed by atoms with Crippen molar-refractivity contribution < 1.29 is 23.4 Å². The standard InChI is InChI=1S/C23H46NO5PS/c1-9-10-22(5,6)19-30(26,29-21(2,3)4)31-18-17-28-20(25)23(7,8)11-12-24-13-15-27-16-14-24/h9-19H2,1-8H3. The summed E-state index contributed by atoms with van der Waals surface area (Å²) in [5, 5.41) is 0. The predicted molar refractivity (Wildman–Crippen MR) is 131 cm³/mol. The van der Waals surface area contributed by atoms with Crippen LogP contribution in [0.4, 0.5) is 0 Å². The van der Waals surface area contributed by atoms with Gasteiger partial charge in [-0.1, -0.05) is 38.6 Å². The maximum absolute atomic E-state index is 13.6. The number of morpholine rings is 1. The lowest BCUT2D eigenvalue weighted by Gasteiger charge is -2.33. The lowest BCUT2D eigenvalue weighted by atomic mass is 9.89. The summed E-state index contributed by atoms with van der Waals surface area (Å²) in [6.07, 6.45) is 3.31. The summed E-state index contributed by atoms with van der Waals surface area (Å²) in [5.41, 5.74) is -1.08. The van der Waals surface area contributed by atoms with Gasteiger partial charge in [0, 0.05) is 25.0 Å². The van der Waals surface area contributed by atoms with Gasteiger partial charge in [0.15, 0.2) is 0 Å². The highest BCUT2D eigenvalue weighted by Gasteiger charge is 2.36. The summed E-state index contributed by atoms with van der Waals surface area (Å²) in [6.45, 7) is 17.6. The third-order valence-electron chi connectivity index (χ3n) is 5.28. The molecule has 0 N–H and O–H groups in total. The van der Waals surface area contributed by atoms with Crippen LogP contribution in [0.5, 0.6) is 0 Å². The molecule has 0 aromatic heterocycles. The summed E-state index contributed by atoms with van der Waals surface area (Å²) in [4.78, 5) is 15.0. The summed E-state index contributed by atoms with van der Waals surface area (Å²) in [5.74, 6) is 0.278. The highest BCUT2D eigenvalue weighted by molar-refractivity contribution is 8.56. The van der Waals surface area contributed by atoms with Crippen molar-refractivity contribution in [2.75, 3.05) is 51.4 Å². The topological polar surface area (TPSA) is 65.1 Å². The number of hydrogen-bond acceptors (Lipinski definition) is 7. The minimum Gasteiger partial charge on any atom is -0.464 e. The first-order valence-corrected chi connectivity index (χ1v) is 15.0. The van der Waals surface area contributed by atoms with Crippen LogP contribution in [0.2, 0.25) is 0 Å². The lowest BCUT2D eigenvalue weighted by Crippen LogP contribution is -2.39. The van der Waals surface area contributed by atoms with E-state index in [1.165, 1.54) is 11.4 Å². The Balaban J connectivity index is 2.53. The first-order valence-electron chi connectivity index (χ1n) is 11.6. The second kappa shape index (κ2) is 12.4. The number of nitrogens with zero attached hydrogens (tertiary/aromatic N) is 1. The van der Waals surface area contributed by atoms with Crippen molar-refractivity contribution in [3.05, 3.63) is 0 Å². The fourth-order valence-electron chi connectivity index (χ4n) is 3.67. The Morgan fingerprint density at radius 3 is 2.23 bits per heavy atom. The molecule has 0 saturated carbocycles. The molecule has 0 aliphatic carbocycles. The van der Waals surface area contributed by atoms with E-state index in [-0.39, 0.29) is 18.0 Å². The lowest BCUT2D eigenvalue weighted by molar-refractivity contribution is -0.153. The molecule has 1 aliphatic heterocycles. The van der Waals surface area contributed by atoms with Crippen LogP contribution in [-0.4, -0.2) is 67.8 Å². The summed E-state index contributed by atoms with van der Waals surface area (Å²) < 4.78 is 30.6. The molecule has 1 aliphatic rings. The molecular formula is C23H46NO5PS. The van der Waals surface area contributed by atoms with Crippen LogP contribution in [0.3, 0.4) is 0 Å². The molecule has 1 saturated heterocycles. The molecule has 31 heavy (non-hydrogen) atoms. The number of carbonyl (C=O) groups is 1. The van der Waals surface area contributed by atoms with Gasteiger partial charge < -0.3 is 14.0 Å². The molecule has 0 spiro atoms. The monoisotopic (exact) mass is 479 g/mol. The van der Waals surface area contributed by atoms with Gasteiger partial charge in [-0.3, -0.25) is 14.3 Å². The summed E-state index contributed by atoms with van der Waals surface area (Å²) in [7, 11) is 0. The Morgan fingerprint density at radius 2 is 1.68 bits per heavy atom. The minimum atomic E-state index is -2.92. The van der Waals surface area contributed by atoms with E-state index in [0.717, 1.165) is 52.1 Å². The zero-order valence-corrected chi connectivity index (χ0v) is 22.8. The van der Waals surface area contributed by atoms with E-state index in [1.807, 2.05) is 34.6 Å². The van der Waals surface area contributed by atoms with E-state index >= 15 is 0 Å². The first-order chi connectivity index (χ1) is 14.2. The Bertz CT molecular complexity index is 597. The van der Waals surface area contributed by atoms with Gasteiger partial charge in [0.25, 0.3) is 6.57 Å². The van der Waals surface area contributed by atoms with E-state index < -0.39 is 17.6 Å². The second-order valence-electron chi connectivity index (χ2n) is 10.9. The second-order valence-corrected chi connectivity index (χ2v) is 15.8. The van der Waals surface area contributed by atoms with Crippen molar-refractivity contribution in [3.63, 3.8) is 0 Å². The molecule has 0 bridgehead atoms. The molecule has 0 aromatic carbocycles. The van der Waals surface area contributed by atoms with Crippen molar-refractivity contribution in [1.29, 1.82) is 0 Å². The number of hydrogen-bond donors (Lipinski definition) is 0. The maximum Gasteiger partial charge on any atom is 0.311 e. The van der Waals surface area contributed by atoms with Crippen LogP contribution in [0, 0.1) is 10.8 Å². The van der Waals surface area contributed by atoms with Gasteiger partial charge in [-0.05, 0) is 59.4 Å². The molecule has 6 nitrogen and oxygen atoms in total. The quantitative estimate of drug-likeness (QED) is 0.187. The molecule has 1 heterocycles. The van der Waals surface area contributed by atoms with E-state index in [9.17, 15) is 9.36 Å². The van der Waals surface area contributed by atoms with Crippen LogP contribution in [0.1, 0.15) is 74.7 Å². The predicted octanol–water partition coefficient (Wildman–Crippen LogP) is 5.85. The van der Waals surface area contributed by atoms with Gasteiger partial charge in [-0.2, -0.15) is 0 Å². The SMILES string of the molecule is CCCC(C)(C)CP(=O)(OC(C)(C)C)SCCOC(=O)C(C)(C)CCN1CCOCC1. The molecule has 0 amide bonds. The number of esters is 1. The van der Waals surface area contributed by atoms with E-state index in [4.69, 9.17) is 14.0 Å². The van der Waals surface area contributed by atoms with Gasteiger partial charge in [0.1, 0.15) is 6.61 Å². The van der Waals surface area contributed by atoms with Crippen LogP contribution in [-0.2, 0) is 23.4 Å². The van der Waals surface area contributed by atoms with Crippen LogP contribution >= 0.6 is 18.0 Å². The zero-order valence-electron chi connectivity index (χ0n) is 21.1. The molecule has 0 aromatic rings. The van der Waals surface area contributed by atoms with E-state index in [1.54, 1.807) is 0 Å². The Morgan fingerprint density at radius 1 is 1.06 bits per heavy atom. The number of carbonyl (C=O) groups excluding carboxylic acids is 1. The van der Waals surface area contributed by atoms with Gasteiger partial charge in [-0.15, -0.1) is 0 Å². The van der Waals surface area contributed by atoms with Gasteiger partial charge in [0.05, 0.1) is 24.2 Å². The van der Waals surface area contributed by atoms with Gasteiger partial charge >= 0.3 is 5.97 Å². The zero-order chi connectivity index (χ0) is 23.8. The molecule has 8 heteroatoms. The molecule has 0 radical (unpaired) electrons. The largest absolute Gasteiger partial charge is 0.464 e. The first kappa shape index (κ1) is 29.0. The van der Waals surface area contributed by atoms with Crippen molar-refractivity contribution in [2.24, 2.45) is 10.8 Å². The molecule has 1 atom stereocenters. The molecule has 1 fully saturated rings. The van der Waals surface area contributed by atoms with Gasteiger partial charge in [-0.25, -0.2) is 0 Å². The average Bonchev–Trinajstić information content (AvgIpc) is 2.62. The highest BCUT2D eigenvalue weighted by atomic mass is 32.7. The Kier molecular flexibility index (Phi) is 11.6. The average molecular weight is 480 g/mol. The van der Waals surface area contributed by atoms with Crippen LogP contribution < -0.4 is 0 Å². The third-order valence-corrected chi connectivity index (χ3v) is 10.4. The Hall–Kier alpha value is -0.0700. The molecule has 1 unspecified atom stereocenters. The Labute approximate surface area is 194 Å². The van der Waals surface area contributed by atoms with E-state index in [2.05, 4.69) is 25.7 Å². The van der Waals surface area contributed by atoms with Crippen LogP contribution in [0.15, 0.2) is 0 Å². The van der Waals surface area contributed by atoms with Crippen molar-refractivity contribution in [3.8, 4) is 0 Å². The van der Waals surface area contributed by atoms with Crippen LogP contribution in [0.25, 0.3) is 0 Å². The van der Waals surface area contributed by atoms with E-state index in [0.29, 0.717) is 11.9 Å². The number of rotatable bonds is 13. The van der Waals surface area contributed by atoms with Gasteiger partial charge in [0.2, 0.25) is 0 Å². The fraction of sp³-hybridized carbons (Fsp3) is 0.957. The smallest absolute Gasteiger partial charge is 0.311 e. The highest BCUT2D eigenvalue weighted by Crippen LogP contribution is 2.64.